The lowest BCUT2D eigenvalue weighted by Crippen LogP contribution is -2.39. The normalized spacial score (nSPS) is 22.4. The average molecular weight is 411 g/mol. The lowest BCUT2D eigenvalue weighted by Gasteiger charge is -2.37. The fourth-order valence-electron chi connectivity index (χ4n) is 4.10. The average Bonchev–Trinajstić information content (AvgIpc) is 2.73. The maximum Gasteiger partial charge on any atom is 0.347 e. The van der Waals surface area contributed by atoms with Crippen LogP contribution in [-0.2, 0) is 16.1 Å². The summed E-state index contributed by atoms with van der Waals surface area (Å²) in [5.41, 5.74) is 1.12. The van der Waals surface area contributed by atoms with Crippen molar-refractivity contribution in [2.24, 2.45) is 17.8 Å². The summed E-state index contributed by atoms with van der Waals surface area (Å²) in [6.45, 7) is 8.92. The zero-order valence-electron chi connectivity index (χ0n) is 18.5. The van der Waals surface area contributed by atoms with Crippen molar-refractivity contribution in [3.05, 3.63) is 60.2 Å². The monoisotopic (exact) mass is 410 g/mol. The van der Waals surface area contributed by atoms with Crippen LogP contribution in [-0.4, -0.2) is 18.2 Å². The molecule has 0 amide bonds. The first-order chi connectivity index (χ1) is 14.4. The zero-order valence-corrected chi connectivity index (χ0v) is 18.5. The van der Waals surface area contributed by atoms with Crippen LogP contribution in [0.1, 0.15) is 52.5 Å². The van der Waals surface area contributed by atoms with Gasteiger partial charge in [-0.1, -0.05) is 57.5 Å². The predicted octanol–water partition coefficient (Wildman–Crippen LogP) is 6.04. The highest BCUT2D eigenvalue weighted by Gasteiger charge is 2.34. The van der Waals surface area contributed by atoms with Crippen LogP contribution in [0.5, 0.6) is 11.5 Å². The van der Waals surface area contributed by atoms with E-state index < -0.39 is 6.10 Å². The van der Waals surface area contributed by atoms with Gasteiger partial charge in [0.2, 0.25) is 0 Å². The molecule has 0 aromatic heterocycles. The molecule has 0 N–H and O–H groups in total. The molecule has 0 radical (unpaired) electrons. The van der Waals surface area contributed by atoms with Gasteiger partial charge < -0.3 is 14.2 Å². The molecule has 0 bridgehead atoms. The predicted molar refractivity (Wildman–Crippen MR) is 119 cm³/mol. The minimum Gasteiger partial charge on any atom is -0.489 e. The van der Waals surface area contributed by atoms with Crippen LogP contribution in [0.3, 0.4) is 0 Å². The molecule has 1 fully saturated rings. The van der Waals surface area contributed by atoms with E-state index in [0.29, 0.717) is 30.1 Å². The highest BCUT2D eigenvalue weighted by molar-refractivity contribution is 5.74. The fraction of sp³-hybridized carbons (Fsp3) is 0.500. The second-order valence-corrected chi connectivity index (χ2v) is 8.81. The Labute approximate surface area is 180 Å². The van der Waals surface area contributed by atoms with Crippen molar-refractivity contribution in [2.45, 2.75) is 65.8 Å². The van der Waals surface area contributed by atoms with Crippen LogP contribution >= 0.6 is 0 Å². The van der Waals surface area contributed by atoms with Crippen molar-refractivity contribution in [3.8, 4) is 11.5 Å². The van der Waals surface area contributed by atoms with Crippen molar-refractivity contribution in [2.75, 3.05) is 0 Å². The molecule has 4 unspecified atom stereocenters. The van der Waals surface area contributed by atoms with Gasteiger partial charge >= 0.3 is 5.97 Å². The maximum absolute atomic E-state index is 12.6. The van der Waals surface area contributed by atoms with Crippen molar-refractivity contribution >= 4 is 5.97 Å². The summed E-state index contributed by atoms with van der Waals surface area (Å²) in [6.07, 6.45) is 2.61. The van der Waals surface area contributed by atoms with Gasteiger partial charge in [-0.2, -0.15) is 0 Å². The summed E-state index contributed by atoms with van der Waals surface area (Å²) in [4.78, 5) is 12.6. The van der Waals surface area contributed by atoms with E-state index in [0.717, 1.165) is 24.2 Å². The second-order valence-electron chi connectivity index (χ2n) is 8.81. The Kier molecular flexibility index (Phi) is 7.78. The van der Waals surface area contributed by atoms with E-state index in [1.165, 1.54) is 6.42 Å². The number of ether oxygens (including phenoxy) is 3. The van der Waals surface area contributed by atoms with Gasteiger partial charge in [-0.25, -0.2) is 4.79 Å². The van der Waals surface area contributed by atoms with Crippen LogP contribution in [0.2, 0.25) is 0 Å². The number of hydrogen-bond donors (Lipinski definition) is 0. The van der Waals surface area contributed by atoms with Crippen molar-refractivity contribution in [1.82, 2.24) is 0 Å². The van der Waals surface area contributed by atoms with Gasteiger partial charge in [-0.05, 0) is 67.3 Å². The van der Waals surface area contributed by atoms with Crippen molar-refractivity contribution < 1.29 is 19.0 Å². The molecule has 0 spiro atoms. The van der Waals surface area contributed by atoms with E-state index in [1.807, 2.05) is 54.6 Å². The van der Waals surface area contributed by atoms with Crippen LogP contribution in [0.25, 0.3) is 0 Å². The summed E-state index contributed by atoms with van der Waals surface area (Å²) in [5, 5.41) is 0. The van der Waals surface area contributed by atoms with E-state index in [4.69, 9.17) is 14.2 Å². The molecule has 2 aromatic rings. The smallest absolute Gasteiger partial charge is 0.347 e. The summed E-state index contributed by atoms with van der Waals surface area (Å²) in [6, 6.07) is 17.4. The Bertz CT molecular complexity index is 784. The molecule has 1 aliphatic carbocycles. The molecule has 30 heavy (non-hydrogen) atoms. The summed E-state index contributed by atoms with van der Waals surface area (Å²) < 4.78 is 17.5. The van der Waals surface area contributed by atoms with Crippen LogP contribution in [0.4, 0.5) is 0 Å². The molecule has 1 saturated carbocycles. The van der Waals surface area contributed by atoms with E-state index in [1.54, 1.807) is 6.92 Å². The van der Waals surface area contributed by atoms with Gasteiger partial charge in [-0.3, -0.25) is 0 Å². The van der Waals surface area contributed by atoms with Crippen LogP contribution < -0.4 is 9.47 Å². The SMILES string of the molecule is CC1CCC(C(C)C)C(OC(=O)C(C)Oc2ccc(OCc3ccccc3)cc2)C1. The molecule has 3 rings (SSSR count). The molecule has 4 nitrogen and oxygen atoms in total. The lowest BCUT2D eigenvalue weighted by atomic mass is 9.75. The molecular formula is C26H34O4. The molecule has 2 aromatic carbocycles. The molecule has 1 aliphatic rings. The topological polar surface area (TPSA) is 44.8 Å². The minimum absolute atomic E-state index is 0.0129. The van der Waals surface area contributed by atoms with Crippen LogP contribution in [0.15, 0.2) is 54.6 Å². The Morgan fingerprint density at radius 3 is 2.30 bits per heavy atom. The van der Waals surface area contributed by atoms with Gasteiger partial charge in [0, 0.05) is 0 Å². The molecule has 0 aliphatic heterocycles. The van der Waals surface area contributed by atoms with E-state index in [-0.39, 0.29) is 12.1 Å². The van der Waals surface area contributed by atoms with E-state index in [9.17, 15) is 4.79 Å². The Hall–Kier alpha value is -2.49. The molecule has 4 heteroatoms. The summed E-state index contributed by atoms with van der Waals surface area (Å²) in [5.74, 6) is 2.64. The third-order valence-corrected chi connectivity index (χ3v) is 5.95. The minimum atomic E-state index is -0.647. The Morgan fingerprint density at radius 2 is 1.63 bits per heavy atom. The third-order valence-electron chi connectivity index (χ3n) is 5.95. The van der Waals surface area contributed by atoms with Crippen LogP contribution in [0, 0.1) is 17.8 Å². The number of esters is 1. The number of hydrogen-bond acceptors (Lipinski definition) is 4. The number of carbonyl (C=O) groups excluding carboxylic acids is 1. The van der Waals surface area contributed by atoms with Gasteiger partial charge in [-0.15, -0.1) is 0 Å². The summed E-state index contributed by atoms with van der Waals surface area (Å²) in [7, 11) is 0. The quantitative estimate of drug-likeness (QED) is 0.498. The lowest BCUT2D eigenvalue weighted by molar-refractivity contribution is -0.163. The van der Waals surface area contributed by atoms with Gasteiger partial charge in [0.05, 0.1) is 0 Å². The second kappa shape index (κ2) is 10.5. The zero-order chi connectivity index (χ0) is 21.5. The van der Waals surface area contributed by atoms with Crippen molar-refractivity contribution in [1.29, 1.82) is 0 Å². The maximum atomic E-state index is 12.6. The largest absolute Gasteiger partial charge is 0.489 e. The number of benzene rings is 2. The van der Waals surface area contributed by atoms with Gasteiger partial charge in [0.25, 0.3) is 0 Å². The molecule has 0 saturated heterocycles. The van der Waals surface area contributed by atoms with Crippen molar-refractivity contribution in [3.63, 3.8) is 0 Å². The first-order valence-electron chi connectivity index (χ1n) is 11.1. The first-order valence-corrected chi connectivity index (χ1v) is 11.1. The molecule has 4 atom stereocenters. The summed E-state index contributed by atoms with van der Waals surface area (Å²) >= 11 is 0. The highest BCUT2D eigenvalue weighted by atomic mass is 16.6. The fourth-order valence-corrected chi connectivity index (χ4v) is 4.10. The Balaban J connectivity index is 1.50. The highest BCUT2D eigenvalue weighted by Crippen LogP contribution is 2.35. The third kappa shape index (κ3) is 6.25. The number of carbonyl (C=O) groups is 1. The molecular weight excluding hydrogens is 376 g/mol. The number of rotatable bonds is 8. The Morgan fingerprint density at radius 1 is 0.967 bits per heavy atom. The molecule has 162 valence electrons. The van der Waals surface area contributed by atoms with E-state index >= 15 is 0 Å². The first kappa shape index (κ1) is 22.2. The molecule has 0 heterocycles. The van der Waals surface area contributed by atoms with Gasteiger partial charge in [0.15, 0.2) is 6.10 Å². The van der Waals surface area contributed by atoms with E-state index in [2.05, 4.69) is 20.8 Å². The standard InChI is InChI=1S/C26H34O4/c1-18(2)24-15-10-19(3)16-25(24)30-26(27)20(4)29-23-13-11-22(12-14-23)28-17-21-8-6-5-7-9-21/h5-9,11-14,18-20,24-25H,10,15-17H2,1-4H3. The van der Waals surface area contributed by atoms with Gasteiger partial charge in [0.1, 0.15) is 24.2 Å².